The highest BCUT2D eigenvalue weighted by molar-refractivity contribution is 6.30. The van der Waals surface area contributed by atoms with E-state index in [9.17, 15) is 14.4 Å². The normalized spacial score (nSPS) is 15.3. The molecule has 0 radical (unpaired) electrons. The summed E-state index contributed by atoms with van der Waals surface area (Å²) in [5.74, 6) is -0.806. The van der Waals surface area contributed by atoms with Crippen LogP contribution in [0.4, 0.5) is 0 Å². The fraction of sp³-hybridized carbons (Fsp3) is 0.393. The van der Waals surface area contributed by atoms with Crippen LogP contribution in [-0.4, -0.2) is 28.4 Å². The van der Waals surface area contributed by atoms with Gasteiger partial charge in [0.15, 0.2) is 0 Å². The van der Waals surface area contributed by atoms with Crippen molar-refractivity contribution < 1.29 is 14.3 Å². The molecular weight excluding hydrogens is 464 g/mol. The Balaban J connectivity index is 1.47. The minimum absolute atomic E-state index is 0.0201. The molecule has 1 saturated carbocycles. The highest BCUT2D eigenvalue weighted by Gasteiger charge is 2.23. The van der Waals surface area contributed by atoms with Crippen molar-refractivity contribution in [1.29, 1.82) is 0 Å². The second-order valence-corrected chi connectivity index (χ2v) is 9.63. The van der Waals surface area contributed by atoms with Crippen molar-refractivity contribution in [2.45, 2.75) is 69.9 Å². The smallest absolute Gasteiger partial charge is 0.308 e. The predicted octanol–water partition coefficient (Wildman–Crippen LogP) is 5.34. The van der Waals surface area contributed by atoms with Crippen molar-refractivity contribution in [2.24, 2.45) is 0 Å². The third-order valence-electron chi connectivity index (χ3n) is 6.53. The van der Waals surface area contributed by atoms with E-state index in [0.717, 1.165) is 31.2 Å². The van der Waals surface area contributed by atoms with Gasteiger partial charge in [-0.05, 0) is 68.4 Å². The summed E-state index contributed by atoms with van der Waals surface area (Å²) in [6, 6.07) is 15.9. The molecule has 6 nitrogen and oxygen atoms in total. The van der Waals surface area contributed by atoms with Gasteiger partial charge in [-0.3, -0.25) is 18.8 Å². The molecule has 1 amide bonds. The van der Waals surface area contributed by atoms with E-state index in [2.05, 4.69) is 5.32 Å². The molecule has 0 bridgehead atoms. The minimum atomic E-state index is -0.500. The molecule has 1 unspecified atom stereocenters. The molecule has 1 atom stereocenters. The summed E-state index contributed by atoms with van der Waals surface area (Å²) in [5.41, 5.74) is 1.31. The number of ether oxygens (including phenoxy) is 1. The Morgan fingerprint density at radius 2 is 1.77 bits per heavy atom. The predicted molar refractivity (Wildman–Crippen MR) is 137 cm³/mol. The maximum absolute atomic E-state index is 13.1. The lowest BCUT2D eigenvalue weighted by molar-refractivity contribution is -0.150. The van der Waals surface area contributed by atoms with E-state index in [4.69, 9.17) is 16.3 Å². The van der Waals surface area contributed by atoms with Gasteiger partial charge in [0.05, 0.1) is 11.9 Å². The van der Waals surface area contributed by atoms with Crippen LogP contribution in [0.15, 0.2) is 65.6 Å². The summed E-state index contributed by atoms with van der Waals surface area (Å²) in [7, 11) is 0. The Bertz CT molecular complexity index is 1220. The highest BCUT2D eigenvalue weighted by Crippen LogP contribution is 2.21. The number of aryl methyl sites for hydroxylation is 1. The fourth-order valence-corrected chi connectivity index (χ4v) is 4.78. The van der Waals surface area contributed by atoms with Crippen molar-refractivity contribution in [3.63, 3.8) is 0 Å². The van der Waals surface area contributed by atoms with Crippen LogP contribution in [0.3, 0.4) is 0 Å². The van der Waals surface area contributed by atoms with E-state index in [1.807, 2.05) is 30.3 Å². The number of aromatic nitrogens is 1. The second-order valence-electron chi connectivity index (χ2n) is 9.19. The molecule has 3 aromatic rings. The van der Waals surface area contributed by atoms with E-state index in [0.29, 0.717) is 23.4 Å². The van der Waals surface area contributed by atoms with E-state index in [-0.39, 0.29) is 24.1 Å². The quantitative estimate of drug-likeness (QED) is 0.338. The largest absolute Gasteiger partial charge is 0.462 e. The SMILES string of the molecule is O=C(CC(CCc1ccccc1)NC(=O)c1ccc2cc(Cl)ccn2c1=O)OC1CCCCCC1. The molecule has 0 saturated heterocycles. The lowest BCUT2D eigenvalue weighted by Gasteiger charge is -2.21. The van der Waals surface area contributed by atoms with Gasteiger partial charge in [-0.25, -0.2) is 0 Å². The van der Waals surface area contributed by atoms with Crippen LogP contribution in [0, 0.1) is 0 Å². The third kappa shape index (κ3) is 6.95. The number of hydrogen-bond acceptors (Lipinski definition) is 4. The van der Waals surface area contributed by atoms with Crippen LogP contribution in [0.25, 0.3) is 5.52 Å². The number of rotatable bonds is 8. The van der Waals surface area contributed by atoms with Crippen molar-refractivity contribution in [2.75, 3.05) is 0 Å². The number of fused-ring (bicyclic) bond motifs is 1. The number of pyridine rings is 2. The number of esters is 1. The zero-order valence-corrected chi connectivity index (χ0v) is 20.5. The number of benzene rings is 1. The minimum Gasteiger partial charge on any atom is -0.462 e. The topological polar surface area (TPSA) is 76.9 Å². The summed E-state index contributed by atoms with van der Waals surface area (Å²) < 4.78 is 7.15. The van der Waals surface area contributed by atoms with Crippen LogP contribution in [0.1, 0.15) is 67.3 Å². The first kappa shape index (κ1) is 25.0. The van der Waals surface area contributed by atoms with Gasteiger partial charge in [0.2, 0.25) is 0 Å². The van der Waals surface area contributed by atoms with Crippen molar-refractivity contribution in [3.8, 4) is 0 Å². The van der Waals surface area contributed by atoms with Crippen LogP contribution in [0.2, 0.25) is 5.02 Å². The zero-order valence-electron chi connectivity index (χ0n) is 19.8. The standard InChI is InChI=1S/C28H31ClN2O4/c29-21-16-17-31-23(18-21)14-15-25(28(31)34)27(33)30-22(13-12-20-8-4-3-5-9-20)19-26(32)35-24-10-6-1-2-7-11-24/h3-5,8-9,14-18,22,24H,1-2,6-7,10-13,19H2,(H,30,33). The van der Waals surface area contributed by atoms with Gasteiger partial charge in [-0.15, -0.1) is 0 Å². The number of carbonyl (C=O) groups is 2. The van der Waals surface area contributed by atoms with E-state index in [1.54, 1.807) is 24.4 Å². The number of carbonyl (C=O) groups excluding carboxylic acids is 2. The van der Waals surface area contributed by atoms with Crippen LogP contribution >= 0.6 is 11.6 Å². The molecule has 4 rings (SSSR count). The summed E-state index contributed by atoms with van der Waals surface area (Å²) in [6.45, 7) is 0. The molecule has 2 heterocycles. The summed E-state index contributed by atoms with van der Waals surface area (Å²) in [4.78, 5) is 38.8. The summed E-state index contributed by atoms with van der Waals surface area (Å²) >= 11 is 6.02. The molecular formula is C28H31ClN2O4. The molecule has 7 heteroatoms. The van der Waals surface area contributed by atoms with Crippen molar-refractivity contribution >= 4 is 29.0 Å². The lowest BCUT2D eigenvalue weighted by atomic mass is 10.0. The van der Waals surface area contributed by atoms with Gasteiger partial charge >= 0.3 is 5.97 Å². The molecule has 2 aromatic heterocycles. The molecule has 1 aromatic carbocycles. The van der Waals surface area contributed by atoms with Gasteiger partial charge in [0.25, 0.3) is 11.5 Å². The molecule has 0 aliphatic heterocycles. The Labute approximate surface area is 210 Å². The van der Waals surface area contributed by atoms with E-state index >= 15 is 0 Å². The number of nitrogens with zero attached hydrogens (tertiary/aromatic N) is 1. The first-order valence-electron chi connectivity index (χ1n) is 12.3. The highest BCUT2D eigenvalue weighted by atomic mass is 35.5. The first-order valence-corrected chi connectivity index (χ1v) is 12.7. The Hall–Kier alpha value is -3.12. The van der Waals surface area contributed by atoms with Crippen LogP contribution < -0.4 is 10.9 Å². The van der Waals surface area contributed by atoms with E-state index in [1.165, 1.54) is 23.3 Å². The molecule has 1 fully saturated rings. The van der Waals surface area contributed by atoms with Gasteiger partial charge in [-0.2, -0.15) is 0 Å². The first-order chi connectivity index (χ1) is 17.0. The second kappa shape index (κ2) is 12.0. The maximum Gasteiger partial charge on any atom is 0.308 e. The maximum atomic E-state index is 13.1. The number of amides is 1. The number of hydrogen-bond donors (Lipinski definition) is 1. The van der Waals surface area contributed by atoms with Gasteiger partial charge < -0.3 is 10.1 Å². The summed E-state index contributed by atoms with van der Waals surface area (Å²) in [6.07, 6.45) is 9.11. The number of halogens is 1. The van der Waals surface area contributed by atoms with Crippen LogP contribution in [-0.2, 0) is 16.0 Å². The van der Waals surface area contributed by atoms with E-state index < -0.39 is 17.5 Å². The average molecular weight is 495 g/mol. The Morgan fingerprint density at radius 1 is 1.03 bits per heavy atom. The number of nitrogens with one attached hydrogen (secondary N) is 1. The van der Waals surface area contributed by atoms with Gasteiger partial charge in [0, 0.05) is 17.3 Å². The lowest BCUT2D eigenvalue weighted by Crippen LogP contribution is -2.40. The third-order valence-corrected chi connectivity index (χ3v) is 6.77. The molecule has 1 aliphatic carbocycles. The molecule has 1 N–H and O–H groups in total. The monoisotopic (exact) mass is 494 g/mol. The Morgan fingerprint density at radius 3 is 2.51 bits per heavy atom. The molecule has 184 valence electrons. The molecule has 35 heavy (non-hydrogen) atoms. The fourth-order valence-electron chi connectivity index (χ4n) is 4.62. The molecule has 1 aliphatic rings. The zero-order chi connectivity index (χ0) is 24.6. The Kier molecular flexibility index (Phi) is 8.59. The van der Waals surface area contributed by atoms with Crippen LogP contribution in [0.5, 0.6) is 0 Å². The summed E-state index contributed by atoms with van der Waals surface area (Å²) in [5, 5.41) is 3.43. The van der Waals surface area contributed by atoms with Crippen molar-refractivity contribution in [1.82, 2.24) is 9.72 Å². The molecule has 0 spiro atoms. The van der Waals surface area contributed by atoms with Gasteiger partial charge in [-0.1, -0.05) is 54.8 Å². The van der Waals surface area contributed by atoms with Gasteiger partial charge in [0.1, 0.15) is 11.7 Å². The van der Waals surface area contributed by atoms with Crippen molar-refractivity contribution in [3.05, 3.63) is 87.3 Å². The average Bonchev–Trinajstić information content (AvgIpc) is 3.11.